The van der Waals surface area contributed by atoms with Gasteiger partial charge >= 0.3 is 0 Å². The van der Waals surface area contributed by atoms with Gasteiger partial charge in [-0.3, -0.25) is 0 Å². The first-order chi connectivity index (χ1) is 8.92. The Bertz CT molecular complexity index is 492. The highest BCUT2D eigenvalue weighted by atomic mass is 32.1. The molecule has 0 radical (unpaired) electrons. The van der Waals surface area contributed by atoms with E-state index < -0.39 is 0 Å². The summed E-state index contributed by atoms with van der Waals surface area (Å²) in [4.78, 5) is 4.34. The Morgan fingerprint density at radius 3 is 3.17 bits per heavy atom. The molecule has 1 aromatic heterocycles. The quantitative estimate of drug-likeness (QED) is 0.918. The van der Waals surface area contributed by atoms with Crippen LogP contribution in [0.1, 0.15) is 12.8 Å². The number of anilines is 1. The molecule has 1 aromatic carbocycles. The summed E-state index contributed by atoms with van der Waals surface area (Å²) in [6.45, 7) is 1.71. The van der Waals surface area contributed by atoms with Crippen molar-refractivity contribution in [3.8, 4) is 10.6 Å². The highest BCUT2D eigenvalue weighted by molar-refractivity contribution is 7.13. The zero-order valence-electron chi connectivity index (χ0n) is 10.1. The van der Waals surface area contributed by atoms with Gasteiger partial charge in [0.25, 0.3) is 0 Å². The summed E-state index contributed by atoms with van der Waals surface area (Å²) in [5.41, 5.74) is 2.32. The molecule has 2 aromatic rings. The summed E-state index contributed by atoms with van der Waals surface area (Å²) in [6, 6.07) is 8.87. The molecule has 1 fully saturated rings. The summed E-state index contributed by atoms with van der Waals surface area (Å²) in [5, 5.41) is 6.61. The maximum atomic E-state index is 5.48. The van der Waals surface area contributed by atoms with E-state index in [1.54, 1.807) is 11.3 Å². The summed E-state index contributed by atoms with van der Waals surface area (Å²) in [7, 11) is 0. The molecule has 0 saturated carbocycles. The fourth-order valence-corrected chi connectivity index (χ4v) is 2.83. The van der Waals surface area contributed by atoms with Crippen LogP contribution in [0.15, 0.2) is 35.8 Å². The fourth-order valence-electron chi connectivity index (χ4n) is 2.20. The van der Waals surface area contributed by atoms with Gasteiger partial charge in [0.2, 0.25) is 0 Å². The molecule has 3 nitrogen and oxygen atoms in total. The lowest BCUT2D eigenvalue weighted by atomic mass is 10.1. The van der Waals surface area contributed by atoms with Crippen molar-refractivity contribution in [3.05, 3.63) is 35.8 Å². The van der Waals surface area contributed by atoms with Crippen LogP contribution in [0.3, 0.4) is 0 Å². The number of hydrogen-bond donors (Lipinski definition) is 1. The largest absolute Gasteiger partial charge is 0.380 e. The van der Waals surface area contributed by atoms with E-state index in [4.69, 9.17) is 4.74 Å². The Balaban J connectivity index is 1.74. The predicted molar refractivity (Wildman–Crippen MR) is 75.0 cm³/mol. The SMILES string of the molecule is c1cc(NC2CCCOC2)cc(-c2nccs2)c1. The zero-order valence-corrected chi connectivity index (χ0v) is 11.0. The van der Waals surface area contributed by atoms with Gasteiger partial charge in [-0.2, -0.15) is 0 Å². The Labute approximate surface area is 111 Å². The van der Waals surface area contributed by atoms with Crippen LogP contribution in [0.25, 0.3) is 10.6 Å². The van der Waals surface area contributed by atoms with E-state index in [9.17, 15) is 0 Å². The van der Waals surface area contributed by atoms with Crippen molar-refractivity contribution in [1.29, 1.82) is 0 Å². The van der Waals surface area contributed by atoms with Gasteiger partial charge in [0.05, 0.1) is 6.61 Å². The van der Waals surface area contributed by atoms with E-state index in [-0.39, 0.29) is 0 Å². The standard InChI is InChI=1S/C14H16N2OS/c1-3-11(14-15-6-8-18-14)9-12(4-1)16-13-5-2-7-17-10-13/h1,3-4,6,8-9,13,16H,2,5,7,10H2. The van der Waals surface area contributed by atoms with E-state index >= 15 is 0 Å². The van der Waals surface area contributed by atoms with Crippen molar-refractivity contribution < 1.29 is 4.74 Å². The van der Waals surface area contributed by atoms with Crippen LogP contribution in [0.2, 0.25) is 0 Å². The topological polar surface area (TPSA) is 34.1 Å². The summed E-state index contributed by atoms with van der Waals surface area (Å²) in [6.07, 6.45) is 4.17. The van der Waals surface area contributed by atoms with Gasteiger partial charge < -0.3 is 10.1 Å². The monoisotopic (exact) mass is 260 g/mol. The Hall–Kier alpha value is -1.39. The lowest BCUT2D eigenvalue weighted by Crippen LogP contribution is -2.29. The number of ether oxygens (including phenoxy) is 1. The molecule has 0 spiro atoms. The molecule has 94 valence electrons. The van der Waals surface area contributed by atoms with Gasteiger partial charge in [-0.05, 0) is 25.0 Å². The molecular weight excluding hydrogens is 244 g/mol. The zero-order chi connectivity index (χ0) is 12.2. The van der Waals surface area contributed by atoms with E-state index in [0.717, 1.165) is 30.3 Å². The van der Waals surface area contributed by atoms with Crippen molar-refractivity contribution in [3.63, 3.8) is 0 Å². The number of nitrogens with one attached hydrogen (secondary N) is 1. The average molecular weight is 260 g/mol. The molecule has 18 heavy (non-hydrogen) atoms. The summed E-state index contributed by atoms with van der Waals surface area (Å²) >= 11 is 1.67. The average Bonchev–Trinajstić information content (AvgIpc) is 2.94. The normalized spacial score (nSPS) is 19.7. The molecule has 0 bridgehead atoms. The molecule has 1 saturated heterocycles. The third-order valence-corrected chi connectivity index (χ3v) is 3.90. The molecule has 1 atom stereocenters. The van der Waals surface area contributed by atoms with Crippen molar-refractivity contribution in [2.24, 2.45) is 0 Å². The number of nitrogens with zero attached hydrogens (tertiary/aromatic N) is 1. The lowest BCUT2D eigenvalue weighted by Gasteiger charge is -2.24. The number of benzene rings is 1. The first-order valence-corrected chi connectivity index (χ1v) is 7.14. The highest BCUT2D eigenvalue weighted by Crippen LogP contribution is 2.25. The lowest BCUT2D eigenvalue weighted by molar-refractivity contribution is 0.0876. The minimum atomic E-state index is 0.435. The molecule has 1 aliphatic rings. The van der Waals surface area contributed by atoms with E-state index in [2.05, 4.69) is 34.6 Å². The first kappa shape index (κ1) is 11.7. The minimum absolute atomic E-state index is 0.435. The predicted octanol–water partition coefficient (Wildman–Crippen LogP) is 3.40. The van der Waals surface area contributed by atoms with Crippen LogP contribution in [0.4, 0.5) is 5.69 Å². The molecule has 1 N–H and O–H groups in total. The van der Waals surface area contributed by atoms with Gasteiger partial charge in [0, 0.05) is 35.5 Å². The van der Waals surface area contributed by atoms with Gasteiger partial charge in [-0.25, -0.2) is 4.98 Å². The van der Waals surface area contributed by atoms with Crippen molar-refractivity contribution in [2.75, 3.05) is 18.5 Å². The van der Waals surface area contributed by atoms with Crippen LogP contribution in [-0.4, -0.2) is 24.2 Å². The van der Waals surface area contributed by atoms with Gasteiger partial charge in [0.1, 0.15) is 5.01 Å². The van der Waals surface area contributed by atoms with E-state index in [1.807, 2.05) is 11.6 Å². The molecule has 4 heteroatoms. The summed E-state index contributed by atoms with van der Waals surface area (Å²) < 4.78 is 5.48. The Morgan fingerprint density at radius 1 is 1.39 bits per heavy atom. The third-order valence-electron chi connectivity index (χ3n) is 3.07. The highest BCUT2D eigenvalue weighted by Gasteiger charge is 2.13. The first-order valence-electron chi connectivity index (χ1n) is 6.26. The van der Waals surface area contributed by atoms with Crippen LogP contribution < -0.4 is 5.32 Å². The Kier molecular flexibility index (Phi) is 3.57. The van der Waals surface area contributed by atoms with Gasteiger partial charge in [-0.15, -0.1) is 11.3 Å². The number of thiazole rings is 1. The molecule has 0 amide bonds. The number of aromatic nitrogens is 1. The van der Waals surface area contributed by atoms with Crippen LogP contribution in [0.5, 0.6) is 0 Å². The molecule has 0 aliphatic carbocycles. The van der Waals surface area contributed by atoms with Crippen molar-refractivity contribution >= 4 is 17.0 Å². The number of hydrogen-bond acceptors (Lipinski definition) is 4. The van der Waals surface area contributed by atoms with Crippen molar-refractivity contribution in [2.45, 2.75) is 18.9 Å². The molecule has 1 aliphatic heterocycles. The molecule has 1 unspecified atom stereocenters. The van der Waals surface area contributed by atoms with Gasteiger partial charge in [0.15, 0.2) is 0 Å². The van der Waals surface area contributed by atoms with Crippen LogP contribution >= 0.6 is 11.3 Å². The van der Waals surface area contributed by atoms with E-state index in [1.165, 1.54) is 12.0 Å². The smallest absolute Gasteiger partial charge is 0.123 e. The minimum Gasteiger partial charge on any atom is -0.380 e. The van der Waals surface area contributed by atoms with Gasteiger partial charge in [-0.1, -0.05) is 12.1 Å². The van der Waals surface area contributed by atoms with Crippen LogP contribution in [0, 0.1) is 0 Å². The van der Waals surface area contributed by atoms with Crippen molar-refractivity contribution in [1.82, 2.24) is 4.98 Å². The molecule has 2 heterocycles. The fraction of sp³-hybridized carbons (Fsp3) is 0.357. The molecular formula is C14H16N2OS. The maximum Gasteiger partial charge on any atom is 0.123 e. The Morgan fingerprint density at radius 2 is 2.39 bits per heavy atom. The maximum absolute atomic E-state index is 5.48. The van der Waals surface area contributed by atoms with E-state index in [0.29, 0.717) is 6.04 Å². The second-order valence-electron chi connectivity index (χ2n) is 4.48. The second-order valence-corrected chi connectivity index (χ2v) is 5.37. The third kappa shape index (κ3) is 2.71. The molecule has 3 rings (SSSR count). The van der Waals surface area contributed by atoms with Crippen LogP contribution in [-0.2, 0) is 4.74 Å². The second kappa shape index (κ2) is 5.50. The summed E-state index contributed by atoms with van der Waals surface area (Å²) in [5.74, 6) is 0. The number of rotatable bonds is 3.